The van der Waals surface area contributed by atoms with Crippen molar-refractivity contribution in [2.24, 2.45) is 0 Å². The number of carbonyl (C=O) groups excluding carboxylic acids is 1. The molecule has 0 aliphatic heterocycles. The highest BCUT2D eigenvalue weighted by molar-refractivity contribution is 6.03. The molecule has 222 valence electrons. The van der Waals surface area contributed by atoms with E-state index in [0.717, 1.165) is 17.0 Å². The largest absolute Gasteiger partial charge is 0.490 e. The number of carboxylic acid groups (broad SMARTS) is 2. The molecule has 3 aromatic rings. The summed E-state index contributed by atoms with van der Waals surface area (Å²) in [6, 6.07) is 8.80. The van der Waals surface area contributed by atoms with E-state index in [1.165, 1.54) is 12.1 Å². The van der Waals surface area contributed by atoms with Crippen molar-refractivity contribution in [2.75, 3.05) is 0 Å². The van der Waals surface area contributed by atoms with Gasteiger partial charge in [0.1, 0.15) is 18.2 Å². The van der Waals surface area contributed by atoms with Crippen LogP contribution in [0.4, 0.5) is 30.7 Å². The number of ketones is 1. The first-order valence-corrected chi connectivity index (χ1v) is 11.5. The lowest BCUT2D eigenvalue weighted by molar-refractivity contribution is -0.193. The summed E-state index contributed by atoms with van der Waals surface area (Å²) in [6.45, 7) is 4.35. The molecule has 0 radical (unpaired) electrons. The number of carboxylic acids is 2. The van der Waals surface area contributed by atoms with Crippen molar-refractivity contribution in [2.45, 2.75) is 51.7 Å². The third-order valence-corrected chi connectivity index (χ3v) is 5.26. The molecule has 2 N–H and O–H groups in total. The van der Waals surface area contributed by atoms with Gasteiger partial charge in [0, 0.05) is 36.0 Å². The molecule has 9 nitrogen and oxygen atoms in total. The topological polar surface area (TPSA) is 132 Å². The SMILES string of the molecule is CC(C)n1nccc1-c1ncccc1COc1ccc(F)c2c1C(=O)CC2.O=C(O)C(F)(F)F.O=C(O)C(F)(F)F. The summed E-state index contributed by atoms with van der Waals surface area (Å²) in [6.07, 6.45) is -5.92. The minimum Gasteiger partial charge on any atom is -0.488 e. The van der Waals surface area contributed by atoms with Crippen LogP contribution in [0.3, 0.4) is 0 Å². The summed E-state index contributed by atoms with van der Waals surface area (Å²) in [5.41, 5.74) is 3.41. The fourth-order valence-electron chi connectivity index (χ4n) is 3.49. The van der Waals surface area contributed by atoms with E-state index >= 15 is 0 Å². The molecule has 4 rings (SSSR count). The lowest BCUT2D eigenvalue weighted by Gasteiger charge is -2.15. The van der Waals surface area contributed by atoms with Gasteiger partial charge in [0.05, 0.1) is 17.0 Å². The van der Waals surface area contributed by atoms with Crippen LogP contribution in [0, 0.1) is 5.82 Å². The molecule has 0 bridgehead atoms. The molecule has 2 heterocycles. The number of nitrogens with zero attached hydrogens (tertiary/aromatic N) is 3. The van der Waals surface area contributed by atoms with Crippen LogP contribution in [-0.4, -0.2) is 55.1 Å². The Labute approximate surface area is 227 Å². The Morgan fingerprint density at radius 2 is 1.56 bits per heavy atom. The number of pyridine rings is 1. The summed E-state index contributed by atoms with van der Waals surface area (Å²) in [5.74, 6) is -5.49. The van der Waals surface area contributed by atoms with E-state index in [0.29, 0.717) is 29.7 Å². The zero-order valence-electron chi connectivity index (χ0n) is 21.3. The minimum absolute atomic E-state index is 0.0659. The molecule has 2 aromatic heterocycles. The van der Waals surface area contributed by atoms with Crippen LogP contribution in [-0.2, 0) is 22.6 Å². The Balaban J connectivity index is 0.000000349. The molecule has 0 spiro atoms. The Hall–Kier alpha value is -4.50. The maximum atomic E-state index is 13.9. The average molecular weight is 593 g/mol. The number of hydrogen-bond acceptors (Lipinski definition) is 6. The summed E-state index contributed by atoms with van der Waals surface area (Å²) in [7, 11) is 0. The number of ether oxygens (including phenoxy) is 1. The summed E-state index contributed by atoms with van der Waals surface area (Å²) < 4.78 is 85.3. The van der Waals surface area contributed by atoms with Gasteiger partial charge in [-0.1, -0.05) is 6.07 Å². The first-order chi connectivity index (χ1) is 18.9. The number of alkyl halides is 6. The van der Waals surface area contributed by atoms with Crippen molar-refractivity contribution in [1.82, 2.24) is 14.8 Å². The van der Waals surface area contributed by atoms with E-state index in [1.807, 2.05) is 22.9 Å². The van der Waals surface area contributed by atoms with Crippen LogP contribution in [0.15, 0.2) is 42.7 Å². The maximum Gasteiger partial charge on any atom is 0.490 e. The van der Waals surface area contributed by atoms with Gasteiger partial charge < -0.3 is 14.9 Å². The van der Waals surface area contributed by atoms with Crippen molar-refractivity contribution >= 4 is 17.7 Å². The maximum absolute atomic E-state index is 13.9. The number of Topliss-reactive ketones (excluding diaryl/α,β-unsaturated/α-hetero) is 1. The number of carbonyl (C=O) groups is 3. The highest BCUT2D eigenvalue weighted by Gasteiger charge is 2.39. The molecule has 41 heavy (non-hydrogen) atoms. The Kier molecular flexibility index (Phi) is 10.6. The van der Waals surface area contributed by atoms with Crippen molar-refractivity contribution in [1.29, 1.82) is 0 Å². The van der Waals surface area contributed by atoms with Gasteiger partial charge in [0.2, 0.25) is 0 Å². The Bertz CT molecular complexity index is 1380. The van der Waals surface area contributed by atoms with Crippen molar-refractivity contribution in [3.8, 4) is 17.1 Å². The van der Waals surface area contributed by atoms with Gasteiger partial charge in [0.25, 0.3) is 0 Å². The lowest BCUT2D eigenvalue weighted by Crippen LogP contribution is -2.21. The monoisotopic (exact) mass is 593 g/mol. The second-order valence-electron chi connectivity index (χ2n) is 8.48. The number of halogens is 7. The number of fused-ring (bicyclic) bond motifs is 1. The van der Waals surface area contributed by atoms with Gasteiger partial charge in [-0.2, -0.15) is 31.4 Å². The fourth-order valence-corrected chi connectivity index (χ4v) is 3.49. The average Bonchev–Trinajstić information content (AvgIpc) is 3.52. The highest BCUT2D eigenvalue weighted by atomic mass is 19.4. The van der Waals surface area contributed by atoms with E-state index in [4.69, 9.17) is 24.5 Å². The zero-order valence-corrected chi connectivity index (χ0v) is 21.3. The molecule has 0 unspecified atom stereocenters. The molecule has 1 aliphatic rings. The first-order valence-electron chi connectivity index (χ1n) is 11.5. The molecule has 1 aromatic carbocycles. The van der Waals surface area contributed by atoms with Crippen LogP contribution in [0.1, 0.15) is 47.8 Å². The second-order valence-corrected chi connectivity index (χ2v) is 8.48. The predicted molar refractivity (Wildman–Crippen MR) is 127 cm³/mol. The molecule has 1 aliphatic carbocycles. The predicted octanol–water partition coefficient (Wildman–Crippen LogP) is 5.64. The normalized spacial score (nSPS) is 12.6. The molecular weight excluding hydrogens is 571 g/mol. The number of benzene rings is 1. The van der Waals surface area contributed by atoms with Crippen LogP contribution in [0.2, 0.25) is 0 Å². The van der Waals surface area contributed by atoms with E-state index in [2.05, 4.69) is 23.9 Å². The smallest absolute Gasteiger partial charge is 0.488 e. The Morgan fingerprint density at radius 3 is 2.10 bits per heavy atom. The molecule has 0 fully saturated rings. The third-order valence-electron chi connectivity index (χ3n) is 5.26. The molecule has 16 heteroatoms. The van der Waals surface area contributed by atoms with E-state index < -0.39 is 24.3 Å². The van der Waals surface area contributed by atoms with Gasteiger partial charge in [-0.25, -0.2) is 14.0 Å². The molecule has 0 saturated carbocycles. The minimum atomic E-state index is -5.08. The molecule has 0 atom stereocenters. The first kappa shape index (κ1) is 32.7. The standard InChI is InChI=1S/C21H20FN3O2.2C2HF3O2/c1-13(2)25-17(9-11-24-25)21-14(4-3-10-23-21)12-27-19-8-6-16(22)15-5-7-18(26)20(15)19;2*3-2(4,5)1(6)7/h3-4,6,8-11,13H,5,7,12H2,1-2H3;2*(H,6,7). The van der Waals surface area contributed by atoms with Gasteiger partial charge in [-0.05, 0) is 44.5 Å². The van der Waals surface area contributed by atoms with Gasteiger partial charge >= 0.3 is 24.3 Å². The molecule has 0 amide bonds. The van der Waals surface area contributed by atoms with Crippen molar-refractivity contribution in [3.05, 3.63) is 65.2 Å². The van der Waals surface area contributed by atoms with Crippen molar-refractivity contribution in [3.63, 3.8) is 0 Å². The van der Waals surface area contributed by atoms with Gasteiger partial charge in [-0.15, -0.1) is 0 Å². The fraction of sp³-hybridized carbons (Fsp3) is 0.320. The van der Waals surface area contributed by atoms with E-state index in [-0.39, 0.29) is 24.2 Å². The van der Waals surface area contributed by atoms with Crippen LogP contribution >= 0.6 is 0 Å². The third kappa shape index (κ3) is 8.74. The summed E-state index contributed by atoms with van der Waals surface area (Å²) in [4.78, 5) is 34.5. The van der Waals surface area contributed by atoms with Crippen LogP contribution in [0.5, 0.6) is 5.75 Å². The summed E-state index contributed by atoms with van der Waals surface area (Å²) >= 11 is 0. The highest BCUT2D eigenvalue weighted by Crippen LogP contribution is 2.33. The van der Waals surface area contributed by atoms with Crippen molar-refractivity contribution < 1.29 is 60.1 Å². The zero-order chi connectivity index (χ0) is 31.1. The Morgan fingerprint density at radius 1 is 0.976 bits per heavy atom. The van der Waals surface area contributed by atoms with Gasteiger partial charge in [0.15, 0.2) is 5.78 Å². The second kappa shape index (κ2) is 13.2. The van der Waals surface area contributed by atoms with Gasteiger partial charge in [-0.3, -0.25) is 14.5 Å². The number of hydrogen-bond donors (Lipinski definition) is 2. The quantitative estimate of drug-likeness (QED) is 0.364. The lowest BCUT2D eigenvalue weighted by atomic mass is 10.1. The molecular formula is C25H22F7N3O6. The number of aromatic nitrogens is 3. The summed E-state index contributed by atoms with van der Waals surface area (Å²) in [5, 5.41) is 18.6. The number of aliphatic carboxylic acids is 2. The molecule has 0 saturated heterocycles. The van der Waals surface area contributed by atoms with Crippen LogP contribution in [0.25, 0.3) is 11.4 Å². The van der Waals surface area contributed by atoms with Crippen LogP contribution < -0.4 is 4.74 Å². The number of rotatable bonds is 5. The van der Waals surface area contributed by atoms with E-state index in [9.17, 15) is 35.5 Å². The van der Waals surface area contributed by atoms with E-state index in [1.54, 1.807) is 12.4 Å².